The van der Waals surface area contributed by atoms with Gasteiger partial charge >= 0.3 is 0 Å². The number of anilines is 1. The Morgan fingerprint density at radius 1 is 1.13 bits per heavy atom. The fraction of sp³-hybridized carbons (Fsp3) is 0.238. The first-order valence-electron chi connectivity index (χ1n) is 9.49. The smallest absolute Gasteiger partial charge is 0.269 e. The summed E-state index contributed by atoms with van der Waals surface area (Å²) in [4.78, 5) is 39.4. The van der Waals surface area contributed by atoms with Crippen molar-refractivity contribution in [3.63, 3.8) is 0 Å². The van der Waals surface area contributed by atoms with Crippen LogP contribution < -0.4 is 15.5 Å². The number of hydrogen-bond acceptors (Lipinski definition) is 5. The Hall–Kier alpha value is -3.17. The van der Waals surface area contributed by atoms with Crippen molar-refractivity contribution in [3.8, 4) is 5.75 Å². The van der Waals surface area contributed by atoms with Gasteiger partial charge in [-0.15, -0.1) is 0 Å². The lowest BCUT2D eigenvalue weighted by Gasteiger charge is -2.24. The van der Waals surface area contributed by atoms with Crippen LogP contribution in [0.2, 0.25) is 5.02 Å². The van der Waals surface area contributed by atoms with Gasteiger partial charge in [-0.3, -0.25) is 24.7 Å². The SMILES string of the molecule is CCN1C(=O)C(CC(=O)Nc2ccc(OC)cc2)N(NC(=O)c2ccc(Cl)cc2)C1=S. The van der Waals surface area contributed by atoms with Crippen LogP contribution in [0.15, 0.2) is 48.5 Å². The Morgan fingerprint density at radius 2 is 1.77 bits per heavy atom. The largest absolute Gasteiger partial charge is 0.497 e. The van der Waals surface area contributed by atoms with Crippen LogP contribution in [0.1, 0.15) is 23.7 Å². The lowest BCUT2D eigenvalue weighted by molar-refractivity contribution is -0.130. The topological polar surface area (TPSA) is 91.0 Å². The van der Waals surface area contributed by atoms with Crippen molar-refractivity contribution < 1.29 is 19.1 Å². The monoisotopic (exact) mass is 460 g/mol. The second kappa shape index (κ2) is 9.76. The number of halogens is 1. The Labute approximate surface area is 190 Å². The van der Waals surface area contributed by atoms with Crippen molar-refractivity contribution in [1.82, 2.24) is 15.3 Å². The Morgan fingerprint density at radius 3 is 2.35 bits per heavy atom. The lowest BCUT2D eigenvalue weighted by atomic mass is 10.1. The van der Waals surface area contributed by atoms with Crippen LogP contribution in [0.3, 0.4) is 0 Å². The van der Waals surface area contributed by atoms with Crippen LogP contribution in [0.25, 0.3) is 0 Å². The molecule has 3 rings (SSSR count). The maximum Gasteiger partial charge on any atom is 0.269 e. The van der Waals surface area contributed by atoms with Crippen LogP contribution in [0.5, 0.6) is 5.75 Å². The summed E-state index contributed by atoms with van der Waals surface area (Å²) in [5.41, 5.74) is 3.55. The molecule has 0 radical (unpaired) electrons. The molecule has 1 atom stereocenters. The molecule has 0 saturated carbocycles. The number of hydrogen-bond donors (Lipinski definition) is 2. The minimum atomic E-state index is -0.957. The first-order chi connectivity index (χ1) is 14.8. The highest BCUT2D eigenvalue weighted by atomic mass is 35.5. The summed E-state index contributed by atoms with van der Waals surface area (Å²) in [6.07, 6.45) is -0.192. The molecule has 10 heteroatoms. The number of carbonyl (C=O) groups excluding carboxylic acids is 3. The highest BCUT2D eigenvalue weighted by Crippen LogP contribution is 2.21. The molecular formula is C21H21ClN4O4S. The molecule has 1 heterocycles. The quantitative estimate of drug-likeness (QED) is 0.617. The van der Waals surface area contributed by atoms with E-state index < -0.39 is 17.9 Å². The predicted molar refractivity (Wildman–Crippen MR) is 121 cm³/mol. The van der Waals surface area contributed by atoms with Crippen LogP contribution in [0, 0.1) is 0 Å². The average molecular weight is 461 g/mol. The first kappa shape index (κ1) is 22.5. The summed E-state index contributed by atoms with van der Waals surface area (Å²) in [6.45, 7) is 2.09. The van der Waals surface area contributed by atoms with E-state index in [0.29, 0.717) is 28.6 Å². The number of nitrogens with one attached hydrogen (secondary N) is 2. The molecule has 1 saturated heterocycles. The second-order valence-electron chi connectivity index (χ2n) is 6.68. The molecule has 1 fully saturated rings. The third-order valence-electron chi connectivity index (χ3n) is 4.70. The number of amides is 3. The second-order valence-corrected chi connectivity index (χ2v) is 7.48. The molecule has 0 bridgehead atoms. The zero-order valence-electron chi connectivity index (χ0n) is 16.9. The molecule has 0 aliphatic carbocycles. The first-order valence-corrected chi connectivity index (χ1v) is 10.3. The molecule has 2 aromatic rings. The zero-order valence-corrected chi connectivity index (χ0v) is 18.5. The average Bonchev–Trinajstić information content (AvgIpc) is 2.98. The van der Waals surface area contributed by atoms with E-state index in [0.717, 1.165) is 0 Å². The number of methoxy groups -OCH3 is 1. The van der Waals surface area contributed by atoms with Gasteiger partial charge in [0.1, 0.15) is 11.8 Å². The van der Waals surface area contributed by atoms with Crippen molar-refractivity contribution >= 4 is 52.3 Å². The molecule has 31 heavy (non-hydrogen) atoms. The minimum Gasteiger partial charge on any atom is -0.497 e. The van der Waals surface area contributed by atoms with Crippen molar-refractivity contribution in [1.29, 1.82) is 0 Å². The molecule has 1 aliphatic heterocycles. The van der Waals surface area contributed by atoms with Gasteiger partial charge in [0.2, 0.25) is 5.91 Å². The third kappa shape index (κ3) is 5.12. The number of benzene rings is 2. The van der Waals surface area contributed by atoms with Gasteiger partial charge in [0, 0.05) is 22.8 Å². The van der Waals surface area contributed by atoms with E-state index in [2.05, 4.69) is 10.7 Å². The Kier molecular flexibility index (Phi) is 7.09. The van der Waals surface area contributed by atoms with Gasteiger partial charge in [0.25, 0.3) is 11.8 Å². The molecule has 1 unspecified atom stereocenters. The van der Waals surface area contributed by atoms with Gasteiger partial charge in [-0.1, -0.05) is 11.6 Å². The van der Waals surface area contributed by atoms with Gasteiger partial charge in [0.15, 0.2) is 5.11 Å². The van der Waals surface area contributed by atoms with Crippen molar-refractivity contribution in [2.75, 3.05) is 19.0 Å². The highest BCUT2D eigenvalue weighted by molar-refractivity contribution is 7.80. The van der Waals surface area contributed by atoms with Crippen molar-refractivity contribution in [2.24, 2.45) is 0 Å². The van der Waals surface area contributed by atoms with Gasteiger partial charge in [0.05, 0.1) is 13.5 Å². The summed E-state index contributed by atoms with van der Waals surface area (Å²) in [6, 6.07) is 12.1. The molecule has 2 aromatic carbocycles. The standard InChI is InChI=1S/C21H21ClN4O4S/c1-3-25-20(29)17(12-18(27)23-15-8-10-16(30-2)11-9-15)26(21(25)31)24-19(28)13-4-6-14(22)7-5-13/h4-11,17H,3,12H2,1-2H3,(H,23,27)(H,24,28). The molecule has 3 amide bonds. The predicted octanol–water partition coefficient (Wildman–Crippen LogP) is 2.84. The van der Waals surface area contributed by atoms with Crippen molar-refractivity contribution in [3.05, 3.63) is 59.1 Å². The van der Waals surface area contributed by atoms with E-state index in [9.17, 15) is 14.4 Å². The summed E-state index contributed by atoms with van der Waals surface area (Å²) in [5.74, 6) is -0.557. The molecule has 2 N–H and O–H groups in total. The summed E-state index contributed by atoms with van der Waals surface area (Å²) >= 11 is 11.2. The van der Waals surface area contributed by atoms with Crippen LogP contribution >= 0.6 is 23.8 Å². The normalized spacial score (nSPS) is 15.8. The van der Waals surface area contributed by atoms with E-state index in [1.54, 1.807) is 62.6 Å². The fourth-order valence-electron chi connectivity index (χ4n) is 3.08. The molecule has 8 nitrogen and oxygen atoms in total. The van der Waals surface area contributed by atoms with Gasteiger partial charge in [-0.25, -0.2) is 5.01 Å². The van der Waals surface area contributed by atoms with Gasteiger partial charge in [-0.2, -0.15) is 0 Å². The van der Waals surface area contributed by atoms with Crippen molar-refractivity contribution in [2.45, 2.75) is 19.4 Å². The number of rotatable bonds is 7. The fourth-order valence-corrected chi connectivity index (χ4v) is 3.60. The molecule has 0 aromatic heterocycles. The number of thiocarbonyl (C=S) groups is 1. The summed E-state index contributed by atoms with van der Waals surface area (Å²) in [7, 11) is 1.55. The van der Waals surface area contributed by atoms with Crippen LogP contribution in [-0.4, -0.2) is 52.4 Å². The van der Waals surface area contributed by atoms with Gasteiger partial charge in [-0.05, 0) is 67.7 Å². The summed E-state index contributed by atoms with van der Waals surface area (Å²) < 4.78 is 5.09. The Balaban J connectivity index is 1.73. The lowest BCUT2D eigenvalue weighted by Crippen LogP contribution is -2.49. The van der Waals surface area contributed by atoms with E-state index in [-0.39, 0.29) is 17.4 Å². The van der Waals surface area contributed by atoms with Crippen LogP contribution in [0.4, 0.5) is 5.69 Å². The van der Waals surface area contributed by atoms with E-state index in [1.165, 1.54) is 9.91 Å². The minimum absolute atomic E-state index is 0.136. The molecule has 162 valence electrons. The maximum absolute atomic E-state index is 12.8. The summed E-state index contributed by atoms with van der Waals surface area (Å²) in [5, 5.41) is 4.64. The molecule has 1 aliphatic rings. The molecular weight excluding hydrogens is 440 g/mol. The number of likely N-dealkylation sites (N-methyl/N-ethyl adjacent to an activating group) is 1. The zero-order chi connectivity index (χ0) is 22.5. The van der Waals surface area contributed by atoms with E-state index in [4.69, 9.17) is 28.6 Å². The maximum atomic E-state index is 12.8. The Bertz CT molecular complexity index is 997. The van der Waals surface area contributed by atoms with Gasteiger partial charge < -0.3 is 10.1 Å². The number of nitrogens with zero attached hydrogens (tertiary/aromatic N) is 2. The number of hydrazine groups is 1. The number of carbonyl (C=O) groups is 3. The number of ether oxygens (including phenoxy) is 1. The van der Waals surface area contributed by atoms with Crippen LogP contribution in [-0.2, 0) is 9.59 Å². The highest BCUT2D eigenvalue weighted by Gasteiger charge is 2.43. The third-order valence-corrected chi connectivity index (χ3v) is 5.37. The molecule has 0 spiro atoms. The van der Waals surface area contributed by atoms with E-state index in [1.807, 2.05) is 0 Å². The van der Waals surface area contributed by atoms with E-state index >= 15 is 0 Å².